The van der Waals surface area contributed by atoms with E-state index in [0.29, 0.717) is 0 Å². The average molecular weight is 815 g/mol. The maximum absolute atomic E-state index is 2.44. The van der Waals surface area contributed by atoms with Crippen molar-refractivity contribution in [3.8, 4) is 50.2 Å². The first-order valence-electron chi connectivity index (χ1n) is 22.0. The molecule has 0 radical (unpaired) electrons. The third-order valence-corrected chi connectivity index (χ3v) is 12.7. The fraction of sp³-hybridized carbons (Fsp3) is 0. The number of benzene rings is 11. The Morgan fingerprint density at radius 3 is 1.42 bits per heavy atom. The van der Waals surface area contributed by atoms with Crippen LogP contribution in [0.25, 0.3) is 93.5 Å². The molecule has 11 aromatic carbocycles. The topological polar surface area (TPSA) is 8.17 Å². The molecule has 0 spiro atoms. The van der Waals surface area contributed by atoms with E-state index in [2.05, 4.69) is 264 Å². The van der Waals surface area contributed by atoms with Crippen LogP contribution >= 0.6 is 0 Å². The molecule has 2 heteroatoms. The quantitative estimate of drug-likeness (QED) is 0.139. The van der Waals surface area contributed by atoms with Crippen molar-refractivity contribution in [2.24, 2.45) is 0 Å². The number of fused-ring (bicyclic) bond motifs is 6. The van der Waals surface area contributed by atoms with Crippen molar-refractivity contribution in [3.05, 3.63) is 255 Å². The van der Waals surface area contributed by atoms with Crippen LogP contribution in [0.5, 0.6) is 0 Å². The molecule has 0 aliphatic heterocycles. The molecule has 0 fully saturated rings. The molecular formula is C62H42N2. The minimum absolute atomic E-state index is 1.08. The summed E-state index contributed by atoms with van der Waals surface area (Å²) in [5, 5.41) is 7.40. The van der Waals surface area contributed by atoms with Crippen molar-refractivity contribution < 1.29 is 0 Å². The number of para-hydroxylation sites is 3. The van der Waals surface area contributed by atoms with Crippen molar-refractivity contribution in [1.82, 2.24) is 4.57 Å². The molecule has 12 rings (SSSR count). The van der Waals surface area contributed by atoms with E-state index in [4.69, 9.17) is 0 Å². The van der Waals surface area contributed by atoms with Crippen LogP contribution in [0.2, 0.25) is 0 Å². The van der Waals surface area contributed by atoms with Gasteiger partial charge in [-0.2, -0.15) is 0 Å². The predicted octanol–water partition coefficient (Wildman–Crippen LogP) is 17.2. The first-order valence-corrected chi connectivity index (χ1v) is 22.0. The van der Waals surface area contributed by atoms with Crippen LogP contribution in [-0.2, 0) is 0 Å². The van der Waals surface area contributed by atoms with Crippen molar-refractivity contribution in [1.29, 1.82) is 0 Å². The third-order valence-electron chi connectivity index (χ3n) is 12.7. The lowest BCUT2D eigenvalue weighted by molar-refractivity contribution is 1.18. The van der Waals surface area contributed by atoms with Gasteiger partial charge in [0.25, 0.3) is 0 Å². The van der Waals surface area contributed by atoms with Gasteiger partial charge >= 0.3 is 0 Å². The summed E-state index contributed by atoms with van der Waals surface area (Å²) >= 11 is 0. The Kier molecular flexibility index (Phi) is 9.20. The third kappa shape index (κ3) is 6.35. The summed E-state index contributed by atoms with van der Waals surface area (Å²) in [5.74, 6) is 0. The summed E-state index contributed by atoms with van der Waals surface area (Å²) in [4.78, 5) is 2.44. The zero-order valence-corrected chi connectivity index (χ0v) is 35.1. The Hall–Kier alpha value is -8.46. The molecule has 1 heterocycles. The minimum atomic E-state index is 1.08. The second-order valence-electron chi connectivity index (χ2n) is 16.4. The van der Waals surface area contributed by atoms with E-state index >= 15 is 0 Å². The fourth-order valence-corrected chi connectivity index (χ4v) is 9.94. The van der Waals surface area contributed by atoms with Gasteiger partial charge in [-0.1, -0.05) is 200 Å². The van der Waals surface area contributed by atoms with Crippen LogP contribution in [0.15, 0.2) is 255 Å². The minimum Gasteiger partial charge on any atom is -0.310 e. The largest absolute Gasteiger partial charge is 0.310 e. The zero-order chi connectivity index (χ0) is 42.4. The fourth-order valence-electron chi connectivity index (χ4n) is 9.94. The zero-order valence-electron chi connectivity index (χ0n) is 35.1. The smallest absolute Gasteiger partial charge is 0.0619 e. The van der Waals surface area contributed by atoms with Crippen molar-refractivity contribution in [3.63, 3.8) is 0 Å². The molecular weight excluding hydrogens is 773 g/mol. The van der Waals surface area contributed by atoms with Gasteiger partial charge in [0.05, 0.1) is 11.0 Å². The Bertz CT molecular complexity index is 3650. The Balaban J connectivity index is 1.13. The van der Waals surface area contributed by atoms with E-state index in [-0.39, 0.29) is 0 Å². The Labute approximate surface area is 373 Å². The number of rotatable bonds is 8. The molecule has 0 aliphatic rings. The highest BCUT2D eigenvalue weighted by Crippen LogP contribution is 2.48. The Morgan fingerprint density at radius 2 is 0.734 bits per heavy atom. The molecule has 2 nitrogen and oxygen atoms in total. The number of aromatic nitrogens is 1. The number of hydrogen-bond acceptors (Lipinski definition) is 1. The van der Waals surface area contributed by atoms with Gasteiger partial charge in [-0.15, -0.1) is 0 Å². The van der Waals surface area contributed by atoms with Gasteiger partial charge in [0.15, 0.2) is 0 Å². The molecule has 64 heavy (non-hydrogen) atoms. The van der Waals surface area contributed by atoms with Gasteiger partial charge in [-0.3, -0.25) is 0 Å². The molecule has 300 valence electrons. The molecule has 0 saturated carbocycles. The lowest BCUT2D eigenvalue weighted by Crippen LogP contribution is -2.10. The van der Waals surface area contributed by atoms with Crippen LogP contribution in [0.1, 0.15) is 0 Å². The predicted molar refractivity (Wildman–Crippen MR) is 272 cm³/mol. The molecule has 0 amide bonds. The van der Waals surface area contributed by atoms with Gasteiger partial charge in [0, 0.05) is 39.1 Å². The highest BCUT2D eigenvalue weighted by atomic mass is 15.1. The molecule has 12 aromatic rings. The van der Waals surface area contributed by atoms with E-state index in [0.717, 1.165) is 28.3 Å². The number of anilines is 3. The highest BCUT2D eigenvalue weighted by Gasteiger charge is 2.22. The van der Waals surface area contributed by atoms with Gasteiger partial charge in [0.1, 0.15) is 0 Å². The summed E-state index contributed by atoms with van der Waals surface area (Å²) < 4.78 is 2.43. The van der Waals surface area contributed by atoms with Gasteiger partial charge in [-0.05, 0) is 115 Å². The lowest BCUT2D eigenvalue weighted by Gasteiger charge is -2.28. The lowest BCUT2D eigenvalue weighted by atomic mass is 9.85. The summed E-state index contributed by atoms with van der Waals surface area (Å²) in [6.07, 6.45) is 0. The standard InChI is InChI=1S/C62H42N2/c1-5-20-43(21-6-1)46-26-17-30-49(40-46)63(50-31-18-27-47(41-50)52-35-19-36-57-55-33-15-16-37-59(55)64(62(52)57)48-28-11-4-12-29-48)51-38-39-54-53-32-13-14-34-56(53)60(44-22-7-2-8-23-44)61(58(54)42-51)45-24-9-3-10-25-45/h1-42H. The summed E-state index contributed by atoms with van der Waals surface area (Å²) in [7, 11) is 0. The van der Waals surface area contributed by atoms with Gasteiger partial charge < -0.3 is 9.47 Å². The van der Waals surface area contributed by atoms with Gasteiger partial charge in [0.2, 0.25) is 0 Å². The van der Waals surface area contributed by atoms with Crippen LogP contribution in [0.3, 0.4) is 0 Å². The second-order valence-corrected chi connectivity index (χ2v) is 16.4. The summed E-state index contributed by atoms with van der Waals surface area (Å²) in [6, 6.07) is 92.7. The van der Waals surface area contributed by atoms with Crippen molar-refractivity contribution in [2.45, 2.75) is 0 Å². The highest BCUT2D eigenvalue weighted by molar-refractivity contribution is 6.22. The van der Waals surface area contributed by atoms with E-state index in [1.165, 1.54) is 82.3 Å². The molecule has 0 bridgehead atoms. The average Bonchev–Trinajstić information content (AvgIpc) is 3.72. The monoisotopic (exact) mass is 814 g/mol. The van der Waals surface area contributed by atoms with E-state index < -0.39 is 0 Å². The molecule has 0 atom stereocenters. The SMILES string of the molecule is c1ccc(-c2cccc(N(c3cccc(-c4cccc5c6ccccc6n(-c6ccccc6)c45)c3)c3ccc4c(c3)c(-c3ccccc3)c(-c3ccccc3)c3ccccc34)c2)cc1. The van der Waals surface area contributed by atoms with E-state index in [1.54, 1.807) is 0 Å². The summed E-state index contributed by atoms with van der Waals surface area (Å²) in [5.41, 5.74) is 16.3. The van der Waals surface area contributed by atoms with Crippen molar-refractivity contribution >= 4 is 60.4 Å². The van der Waals surface area contributed by atoms with E-state index in [1.807, 2.05) is 0 Å². The molecule has 0 N–H and O–H groups in total. The van der Waals surface area contributed by atoms with Crippen LogP contribution in [0, 0.1) is 0 Å². The Morgan fingerprint density at radius 1 is 0.266 bits per heavy atom. The normalized spacial score (nSPS) is 11.4. The molecule has 1 aromatic heterocycles. The van der Waals surface area contributed by atoms with Crippen LogP contribution in [-0.4, -0.2) is 4.57 Å². The molecule has 0 aliphatic carbocycles. The maximum atomic E-state index is 2.44. The number of nitrogens with zero attached hydrogens (tertiary/aromatic N) is 2. The first kappa shape index (κ1) is 37.3. The van der Waals surface area contributed by atoms with E-state index in [9.17, 15) is 0 Å². The molecule has 0 saturated heterocycles. The van der Waals surface area contributed by atoms with Crippen LogP contribution < -0.4 is 4.90 Å². The maximum Gasteiger partial charge on any atom is 0.0619 e. The van der Waals surface area contributed by atoms with Crippen molar-refractivity contribution in [2.75, 3.05) is 4.90 Å². The molecule has 0 unspecified atom stereocenters. The second kappa shape index (κ2) is 15.8. The first-order chi connectivity index (χ1) is 31.8. The summed E-state index contributed by atoms with van der Waals surface area (Å²) in [6.45, 7) is 0. The van der Waals surface area contributed by atoms with Crippen LogP contribution in [0.4, 0.5) is 17.1 Å². The number of hydrogen-bond donors (Lipinski definition) is 0. The van der Waals surface area contributed by atoms with Gasteiger partial charge in [-0.25, -0.2) is 0 Å².